The molecule has 1 spiro atoms. The molecule has 4 rings (SSSR count). The molecule has 2 saturated heterocycles. The Morgan fingerprint density at radius 2 is 1.76 bits per heavy atom. The molecule has 0 amide bonds. The molecule has 2 aliphatic heterocycles. The Bertz CT molecular complexity index is 454. The van der Waals surface area contributed by atoms with E-state index < -0.39 is 0 Å². The average Bonchev–Trinajstić information content (AvgIpc) is 3.22. The zero-order chi connectivity index (χ0) is 14.2. The Labute approximate surface area is 125 Å². The van der Waals surface area contributed by atoms with E-state index >= 15 is 0 Å². The van der Waals surface area contributed by atoms with Crippen LogP contribution < -0.4 is 5.32 Å². The monoisotopic (exact) mass is 292 g/mol. The van der Waals surface area contributed by atoms with Crippen molar-refractivity contribution in [1.82, 2.24) is 20.3 Å². The minimum Gasteiger partial charge on any atom is -0.348 e. The molecule has 6 nitrogen and oxygen atoms in total. The third-order valence-corrected chi connectivity index (χ3v) is 5.67. The summed E-state index contributed by atoms with van der Waals surface area (Å²) in [5.41, 5.74) is 0.0964. The summed E-state index contributed by atoms with van der Waals surface area (Å²) in [4.78, 5) is 0. The van der Waals surface area contributed by atoms with Gasteiger partial charge >= 0.3 is 0 Å². The molecule has 3 heterocycles. The predicted octanol–water partition coefficient (Wildman–Crippen LogP) is 1.29. The number of hydrogen-bond acceptors (Lipinski definition) is 5. The lowest BCUT2D eigenvalue weighted by Crippen LogP contribution is -2.52. The van der Waals surface area contributed by atoms with Gasteiger partial charge in [-0.15, -0.1) is 5.10 Å². The van der Waals surface area contributed by atoms with E-state index in [0.717, 1.165) is 52.0 Å². The first-order valence-electron chi connectivity index (χ1n) is 8.19. The summed E-state index contributed by atoms with van der Waals surface area (Å²) in [6.45, 7) is 3.70. The number of nitrogens with one attached hydrogen (secondary N) is 1. The van der Waals surface area contributed by atoms with Crippen LogP contribution in [0.1, 0.15) is 38.5 Å². The lowest BCUT2D eigenvalue weighted by Gasteiger charge is -2.48. The van der Waals surface area contributed by atoms with Gasteiger partial charge in [-0.25, -0.2) is 4.68 Å². The lowest BCUT2D eigenvalue weighted by molar-refractivity contribution is -0.196. The number of hydrogen-bond donors (Lipinski definition) is 1. The smallest absolute Gasteiger partial charge is 0.168 e. The molecular formula is C15H24N4O2. The van der Waals surface area contributed by atoms with Crippen LogP contribution in [0, 0.1) is 5.92 Å². The van der Waals surface area contributed by atoms with Gasteiger partial charge in [-0.1, -0.05) is 5.21 Å². The number of rotatable bonds is 2. The van der Waals surface area contributed by atoms with Crippen LogP contribution in [0.4, 0.5) is 0 Å². The van der Waals surface area contributed by atoms with E-state index in [1.165, 1.54) is 12.8 Å². The number of piperidine rings is 1. The van der Waals surface area contributed by atoms with Gasteiger partial charge in [-0.05, 0) is 44.7 Å². The molecule has 0 atom stereocenters. The number of nitrogens with zero attached hydrogens (tertiary/aromatic N) is 3. The van der Waals surface area contributed by atoms with E-state index in [4.69, 9.17) is 9.47 Å². The van der Waals surface area contributed by atoms with E-state index in [1.807, 2.05) is 6.20 Å². The van der Waals surface area contributed by atoms with Gasteiger partial charge in [0.25, 0.3) is 0 Å². The van der Waals surface area contributed by atoms with Crippen molar-refractivity contribution in [3.05, 3.63) is 12.4 Å². The van der Waals surface area contributed by atoms with Crippen LogP contribution in [0.5, 0.6) is 0 Å². The molecule has 6 heteroatoms. The van der Waals surface area contributed by atoms with Gasteiger partial charge in [0.15, 0.2) is 5.79 Å². The van der Waals surface area contributed by atoms with Crippen molar-refractivity contribution in [3.8, 4) is 0 Å². The maximum Gasteiger partial charge on any atom is 0.168 e. The van der Waals surface area contributed by atoms with Crippen molar-refractivity contribution in [1.29, 1.82) is 0 Å². The summed E-state index contributed by atoms with van der Waals surface area (Å²) in [5.74, 6) is 0.357. The van der Waals surface area contributed by atoms with Gasteiger partial charge in [-0.3, -0.25) is 0 Å². The van der Waals surface area contributed by atoms with Crippen LogP contribution in [0.3, 0.4) is 0 Å². The molecule has 1 aromatic rings. The van der Waals surface area contributed by atoms with Crippen LogP contribution in [-0.4, -0.2) is 47.1 Å². The second-order valence-corrected chi connectivity index (χ2v) is 6.58. The van der Waals surface area contributed by atoms with Crippen molar-refractivity contribution in [2.75, 3.05) is 26.3 Å². The van der Waals surface area contributed by atoms with E-state index in [0.29, 0.717) is 5.92 Å². The van der Waals surface area contributed by atoms with Gasteiger partial charge in [0.1, 0.15) is 0 Å². The maximum atomic E-state index is 5.90. The molecule has 116 valence electrons. The Hall–Kier alpha value is -0.980. The van der Waals surface area contributed by atoms with Crippen LogP contribution in [0.15, 0.2) is 12.4 Å². The first kappa shape index (κ1) is 13.7. The summed E-state index contributed by atoms with van der Waals surface area (Å²) in [6, 6.07) is 0. The third kappa shape index (κ3) is 2.29. The van der Waals surface area contributed by atoms with Gasteiger partial charge in [-0.2, -0.15) is 0 Å². The highest BCUT2D eigenvalue weighted by Crippen LogP contribution is 2.49. The van der Waals surface area contributed by atoms with Gasteiger partial charge < -0.3 is 14.8 Å². The highest BCUT2D eigenvalue weighted by molar-refractivity contribution is 5.00. The Kier molecular flexibility index (Phi) is 3.47. The molecule has 1 aromatic heterocycles. The molecule has 0 bridgehead atoms. The fraction of sp³-hybridized carbons (Fsp3) is 0.867. The Morgan fingerprint density at radius 1 is 1.05 bits per heavy atom. The van der Waals surface area contributed by atoms with Crippen LogP contribution in [0.25, 0.3) is 0 Å². The molecule has 0 aromatic carbocycles. The maximum absolute atomic E-state index is 5.90. The zero-order valence-corrected chi connectivity index (χ0v) is 12.5. The summed E-state index contributed by atoms with van der Waals surface area (Å²) < 4.78 is 13.9. The molecule has 21 heavy (non-hydrogen) atoms. The van der Waals surface area contributed by atoms with E-state index in [1.54, 1.807) is 6.20 Å². The highest BCUT2D eigenvalue weighted by Gasteiger charge is 2.50. The van der Waals surface area contributed by atoms with Gasteiger partial charge in [0.05, 0.1) is 24.9 Å². The first-order valence-corrected chi connectivity index (χ1v) is 8.19. The average molecular weight is 292 g/mol. The first-order chi connectivity index (χ1) is 10.3. The normalized spacial score (nSPS) is 29.0. The molecule has 3 fully saturated rings. The van der Waals surface area contributed by atoms with Crippen LogP contribution in [-0.2, 0) is 15.0 Å². The predicted molar refractivity (Wildman–Crippen MR) is 76.7 cm³/mol. The molecule has 1 aliphatic carbocycles. The summed E-state index contributed by atoms with van der Waals surface area (Å²) in [7, 11) is 0. The highest BCUT2D eigenvalue weighted by atomic mass is 16.7. The summed E-state index contributed by atoms with van der Waals surface area (Å²) in [6.07, 6.45) is 10.4. The molecule has 0 radical (unpaired) electrons. The van der Waals surface area contributed by atoms with Gasteiger partial charge in [0, 0.05) is 19.0 Å². The van der Waals surface area contributed by atoms with E-state index in [9.17, 15) is 0 Å². The van der Waals surface area contributed by atoms with Crippen LogP contribution >= 0.6 is 0 Å². The SMILES string of the molecule is c1cn(C2(C3CCNCC3)CCC3(CC2)OCCO3)nn1. The van der Waals surface area contributed by atoms with E-state index in [-0.39, 0.29) is 11.3 Å². The minimum absolute atomic E-state index is 0.0964. The van der Waals surface area contributed by atoms with Crippen molar-refractivity contribution in [2.45, 2.75) is 49.9 Å². The zero-order valence-electron chi connectivity index (χ0n) is 12.5. The topological polar surface area (TPSA) is 61.2 Å². The van der Waals surface area contributed by atoms with Crippen molar-refractivity contribution in [2.24, 2.45) is 5.92 Å². The molecule has 1 saturated carbocycles. The molecule has 0 unspecified atom stereocenters. The van der Waals surface area contributed by atoms with Crippen molar-refractivity contribution >= 4 is 0 Å². The Balaban J connectivity index is 1.60. The van der Waals surface area contributed by atoms with Crippen molar-refractivity contribution in [3.63, 3.8) is 0 Å². The van der Waals surface area contributed by atoms with Crippen molar-refractivity contribution < 1.29 is 9.47 Å². The number of ether oxygens (including phenoxy) is 2. The molecular weight excluding hydrogens is 268 g/mol. The largest absolute Gasteiger partial charge is 0.348 e. The molecule has 3 aliphatic rings. The lowest BCUT2D eigenvalue weighted by atomic mass is 9.68. The number of aromatic nitrogens is 3. The van der Waals surface area contributed by atoms with Crippen LogP contribution in [0.2, 0.25) is 0 Å². The quantitative estimate of drug-likeness (QED) is 0.890. The fourth-order valence-electron chi connectivity index (χ4n) is 4.48. The summed E-state index contributed by atoms with van der Waals surface area (Å²) >= 11 is 0. The fourth-order valence-corrected chi connectivity index (χ4v) is 4.48. The minimum atomic E-state index is -0.309. The van der Waals surface area contributed by atoms with Gasteiger partial charge in [0.2, 0.25) is 0 Å². The molecule has 1 N–H and O–H groups in total. The Morgan fingerprint density at radius 3 is 2.38 bits per heavy atom. The second kappa shape index (κ2) is 5.34. The second-order valence-electron chi connectivity index (χ2n) is 6.58. The summed E-state index contributed by atoms with van der Waals surface area (Å²) in [5, 5.41) is 11.9. The van der Waals surface area contributed by atoms with E-state index in [2.05, 4.69) is 20.3 Å². The standard InChI is InChI=1S/C15H24N4O2/c1-7-16-8-2-13(1)14(19-10-9-17-18-19)3-5-15(6-4-14)20-11-12-21-15/h9-10,13,16H,1-8,11-12H2. The third-order valence-electron chi connectivity index (χ3n) is 5.67.